The number of nitrogens with zero attached hydrogens (tertiary/aromatic N) is 2. The number of benzene rings is 1. The minimum absolute atomic E-state index is 0.00216. The number of nitrogens with one attached hydrogen (secondary N) is 2. The molecule has 6 nitrogen and oxygen atoms in total. The first-order valence-corrected chi connectivity index (χ1v) is 9.00. The summed E-state index contributed by atoms with van der Waals surface area (Å²) in [6.07, 6.45) is 2.16. The molecule has 2 aromatic rings. The van der Waals surface area contributed by atoms with Crippen molar-refractivity contribution >= 4 is 22.8 Å². The Hall–Kier alpha value is -2.37. The van der Waals surface area contributed by atoms with Crippen LogP contribution in [0.2, 0.25) is 0 Å². The second-order valence-corrected chi connectivity index (χ2v) is 6.46. The van der Waals surface area contributed by atoms with Crippen LogP contribution in [0, 0.1) is 0 Å². The highest BCUT2D eigenvalue weighted by Crippen LogP contribution is 2.21. The van der Waals surface area contributed by atoms with Crippen LogP contribution in [-0.4, -0.2) is 27.4 Å². The Morgan fingerprint density at radius 2 is 1.84 bits per heavy atom. The summed E-state index contributed by atoms with van der Waals surface area (Å²) in [4.78, 5) is 29.0. The van der Waals surface area contributed by atoms with Gasteiger partial charge >= 0.3 is 0 Å². The summed E-state index contributed by atoms with van der Waals surface area (Å²) in [5, 5.41) is 5.95. The van der Waals surface area contributed by atoms with Gasteiger partial charge in [0.15, 0.2) is 0 Å². The summed E-state index contributed by atoms with van der Waals surface area (Å²) in [6, 6.07) is 7.58. The molecule has 0 aliphatic heterocycles. The van der Waals surface area contributed by atoms with Gasteiger partial charge in [0.1, 0.15) is 12.4 Å². The van der Waals surface area contributed by atoms with Crippen molar-refractivity contribution in [3.8, 4) is 0 Å². The van der Waals surface area contributed by atoms with Crippen molar-refractivity contribution in [2.75, 3.05) is 0 Å². The van der Waals surface area contributed by atoms with E-state index in [9.17, 15) is 9.59 Å². The molecule has 0 bridgehead atoms. The number of rotatable bonds is 8. The van der Waals surface area contributed by atoms with Crippen LogP contribution >= 0.6 is 0 Å². The maximum absolute atomic E-state index is 12.4. The SMILES string of the molecule is CCCC(=O)NC(C)c1nc2ccccc2n1CC(=O)NC(C)CC. The fourth-order valence-corrected chi connectivity index (χ4v) is 2.76. The van der Waals surface area contributed by atoms with Crippen molar-refractivity contribution in [3.05, 3.63) is 30.1 Å². The molecule has 6 heteroatoms. The smallest absolute Gasteiger partial charge is 0.240 e. The number of hydrogen-bond acceptors (Lipinski definition) is 3. The van der Waals surface area contributed by atoms with Crippen LogP contribution in [0.4, 0.5) is 0 Å². The number of imidazole rings is 1. The Kier molecular flexibility index (Phi) is 6.56. The molecule has 0 fully saturated rings. The number of amides is 2. The molecule has 0 saturated heterocycles. The number of aromatic nitrogens is 2. The molecule has 2 amide bonds. The zero-order chi connectivity index (χ0) is 18.4. The molecule has 136 valence electrons. The van der Waals surface area contributed by atoms with Crippen LogP contribution < -0.4 is 10.6 Å². The number of fused-ring (bicyclic) bond motifs is 1. The molecular weight excluding hydrogens is 316 g/mol. The molecular formula is C19H28N4O2. The summed E-state index contributed by atoms with van der Waals surface area (Å²) in [7, 11) is 0. The van der Waals surface area contributed by atoms with Gasteiger partial charge in [0.25, 0.3) is 0 Å². The third-order valence-corrected chi connectivity index (χ3v) is 4.25. The lowest BCUT2D eigenvalue weighted by molar-refractivity contribution is -0.122. The lowest BCUT2D eigenvalue weighted by Gasteiger charge is -2.17. The first-order chi connectivity index (χ1) is 12.0. The largest absolute Gasteiger partial charge is 0.352 e. The van der Waals surface area contributed by atoms with Crippen molar-refractivity contribution in [1.29, 1.82) is 0 Å². The van der Waals surface area contributed by atoms with Crippen molar-refractivity contribution in [3.63, 3.8) is 0 Å². The molecule has 1 heterocycles. The molecule has 25 heavy (non-hydrogen) atoms. The quantitative estimate of drug-likeness (QED) is 0.773. The molecule has 2 rings (SSSR count). The maximum Gasteiger partial charge on any atom is 0.240 e. The van der Waals surface area contributed by atoms with Gasteiger partial charge in [-0.15, -0.1) is 0 Å². The third-order valence-electron chi connectivity index (χ3n) is 4.25. The Morgan fingerprint density at radius 3 is 2.52 bits per heavy atom. The summed E-state index contributed by atoms with van der Waals surface area (Å²) in [5.41, 5.74) is 1.72. The van der Waals surface area contributed by atoms with Crippen LogP contribution in [0.25, 0.3) is 11.0 Å². The molecule has 0 radical (unpaired) electrons. The van der Waals surface area contributed by atoms with E-state index >= 15 is 0 Å². The molecule has 0 spiro atoms. The Morgan fingerprint density at radius 1 is 1.12 bits per heavy atom. The van der Waals surface area contributed by atoms with E-state index in [1.165, 1.54) is 0 Å². The second kappa shape index (κ2) is 8.65. The third kappa shape index (κ3) is 4.81. The zero-order valence-corrected chi connectivity index (χ0v) is 15.5. The number of hydrogen-bond donors (Lipinski definition) is 2. The van der Waals surface area contributed by atoms with Gasteiger partial charge < -0.3 is 15.2 Å². The summed E-state index contributed by atoms with van der Waals surface area (Å²) in [6.45, 7) is 8.08. The van der Waals surface area contributed by atoms with Crippen molar-refractivity contribution in [2.24, 2.45) is 0 Å². The van der Waals surface area contributed by atoms with E-state index in [2.05, 4.69) is 15.6 Å². The zero-order valence-electron chi connectivity index (χ0n) is 15.5. The lowest BCUT2D eigenvalue weighted by atomic mass is 10.2. The number of carbonyl (C=O) groups is 2. The summed E-state index contributed by atoms with van der Waals surface area (Å²) >= 11 is 0. The molecule has 0 saturated carbocycles. The highest BCUT2D eigenvalue weighted by atomic mass is 16.2. The predicted octanol–water partition coefficient (Wildman–Crippen LogP) is 2.93. The normalized spacial score (nSPS) is 13.4. The van der Waals surface area contributed by atoms with Gasteiger partial charge in [0.2, 0.25) is 11.8 Å². The first-order valence-electron chi connectivity index (χ1n) is 9.00. The Balaban J connectivity index is 2.29. The van der Waals surface area contributed by atoms with Gasteiger partial charge in [-0.05, 0) is 38.8 Å². The topological polar surface area (TPSA) is 76.0 Å². The molecule has 2 N–H and O–H groups in total. The van der Waals surface area contributed by atoms with E-state index < -0.39 is 0 Å². The van der Waals surface area contributed by atoms with E-state index in [0.717, 1.165) is 23.9 Å². The highest BCUT2D eigenvalue weighted by Gasteiger charge is 2.20. The first kappa shape index (κ1) is 19.0. The van der Waals surface area contributed by atoms with Gasteiger partial charge in [-0.2, -0.15) is 0 Å². The summed E-state index contributed by atoms with van der Waals surface area (Å²) < 4.78 is 1.89. The average Bonchev–Trinajstić information content (AvgIpc) is 2.93. The van der Waals surface area contributed by atoms with Crippen molar-refractivity contribution < 1.29 is 9.59 Å². The van der Waals surface area contributed by atoms with E-state index in [0.29, 0.717) is 12.2 Å². The van der Waals surface area contributed by atoms with Gasteiger partial charge in [0.05, 0.1) is 17.1 Å². The fraction of sp³-hybridized carbons (Fsp3) is 0.526. The highest BCUT2D eigenvalue weighted by molar-refractivity contribution is 5.81. The van der Waals surface area contributed by atoms with Crippen LogP contribution in [-0.2, 0) is 16.1 Å². The summed E-state index contributed by atoms with van der Waals surface area (Å²) in [5.74, 6) is 0.647. The van der Waals surface area contributed by atoms with Crippen molar-refractivity contribution in [2.45, 2.75) is 65.6 Å². The van der Waals surface area contributed by atoms with E-state index in [1.807, 2.05) is 56.5 Å². The number of carbonyl (C=O) groups excluding carboxylic acids is 2. The second-order valence-electron chi connectivity index (χ2n) is 6.46. The van der Waals surface area contributed by atoms with Gasteiger partial charge in [-0.1, -0.05) is 26.0 Å². The Labute approximate surface area is 149 Å². The van der Waals surface area contributed by atoms with Crippen LogP contribution in [0.15, 0.2) is 24.3 Å². The molecule has 2 atom stereocenters. The van der Waals surface area contributed by atoms with Crippen LogP contribution in [0.5, 0.6) is 0 Å². The standard InChI is InChI=1S/C19H28N4O2/c1-5-9-17(24)21-14(4)19-22-15-10-7-8-11-16(15)23(19)12-18(25)20-13(3)6-2/h7-8,10-11,13-14H,5-6,9,12H2,1-4H3,(H,20,25)(H,21,24). The minimum atomic E-state index is -0.261. The predicted molar refractivity (Wildman–Crippen MR) is 99.1 cm³/mol. The average molecular weight is 344 g/mol. The van der Waals surface area contributed by atoms with Gasteiger partial charge in [-0.3, -0.25) is 9.59 Å². The van der Waals surface area contributed by atoms with Crippen LogP contribution in [0.1, 0.15) is 58.8 Å². The Bertz CT molecular complexity index is 738. The molecule has 1 aromatic heterocycles. The number of para-hydroxylation sites is 2. The maximum atomic E-state index is 12.4. The minimum Gasteiger partial charge on any atom is -0.352 e. The van der Waals surface area contributed by atoms with Gasteiger partial charge in [0, 0.05) is 12.5 Å². The van der Waals surface area contributed by atoms with E-state index in [-0.39, 0.29) is 30.4 Å². The molecule has 0 aliphatic rings. The lowest BCUT2D eigenvalue weighted by Crippen LogP contribution is -2.36. The van der Waals surface area contributed by atoms with Crippen LogP contribution in [0.3, 0.4) is 0 Å². The van der Waals surface area contributed by atoms with E-state index in [1.54, 1.807) is 0 Å². The van der Waals surface area contributed by atoms with E-state index in [4.69, 9.17) is 0 Å². The fourth-order valence-electron chi connectivity index (χ4n) is 2.76. The monoisotopic (exact) mass is 344 g/mol. The van der Waals surface area contributed by atoms with Gasteiger partial charge in [-0.25, -0.2) is 4.98 Å². The molecule has 2 unspecified atom stereocenters. The molecule has 1 aromatic carbocycles. The molecule has 0 aliphatic carbocycles. The van der Waals surface area contributed by atoms with Crippen molar-refractivity contribution in [1.82, 2.24) is 20.2 Å².